The van der Waals surface area contributed by atoms with Gasteiger partial charge in [0.1, 0.15) is 6.61 Å². The van der Waals surface area contributed by atoms with Crippen LogP contribution in [0.25, 0.3) is 11.6 Å². The summed E-state index contributed by atoms with van der Waals surface area (Å²) in [4.78, 5) is 10.4. The van der Waals surface area contributed by atoms with E-state index < -0.39 is 4.92 Å². The largest absolute Gasteiger partial charge is 0.490 e. The molecule has 0 saturated carbocycles. The Labute approximate surface area is 205 Å². The average Bonchev–Trinajstić information content (AvgIpc) is 2.79. The van der Waals surface area contributed by atoms with E-state index in [0.29, 0.717) is 49.9 Å². The van der Waals surface area contributed by atoms with Crippen LogP contribution in [0.5, 0.6) is 11.5 Å². The van der Waals surface area contributed by atoms with Crippen LogP contribution >= 0.6 is 34.8 Å². The van der Waals surface area contributed by atoms with Crippen LogP contribution < -0.4 is 9.47 Å². The van der Waals surface area contributed by atoms with Gasteiger partial charge in [-0.25, -0.2) is 0 Å². The van der Waals surface area contributed by atoms with Gasteiger partial charge in [0.05, 0.1) is 38.2 Å². The van der Waals surface area contributed by atoms with Crippen molar-refractivity contribution in [3.63, 3.8) is 0 Å². The lowest BCUT2D eigenvalue weighted by molar-refractivity contribution is -0.384. The van der Waals surface area contributed by atoms with Crippen LogP contribution in [0.4, 0.5) is 5.69 Å². The number of ether oxygens (including phenoxy) is 2. The summed E-state index contributed by atoms with van der Waals surface area (Å²) in [6.45, 7) is 2.40. The molecule has 0 aliphatic carbocycles. The molecule has 3 aromatic rings. The molecule has 0 amide bonds. The summed E-state index contributed by atoms with van der Waals surface area (Å²) in [6.07, 6.45) is 1.62. The molecule has 6 nitrogen and oxygen atoms in total. The monoisotopic (exact) mass is 502 g/mol. The number of nitro benzene ring substituents is 1. The number of nitro groups is 1. The first-order chi connectivity index (χ1) is 15.8. The fourth-order valence-corrected chi connectivity index (χ4v) is 3.56. The summed E-state index contributed by atoms with van der Waals surface area (Å²) in [7, 11) is 0. The van der Waals surface area contributed by atoms with Crippen LogP contribution in [0.3, 0.4) is 0 Å². The summed E-state index contributed by atoms with van der Waals surface area (Å²) in [5, 5.41) is 21.6. The van der Waals surface area contributed by atoms with Gasteiger partial charge in [-0.2, -0.15) is 5.26 Å². The second-order valence-electron chi connectivity index (χ2n) is 6.77. The van der Waals surface area contributed by atoms with Crippen LogP contribution in [0, 0.1) is 21.4 Å². The van der Waals surface area contributed by atoms with E-state index in [4.69, 9.17) is 44.3 Å². The Morgan fingerprint density at radius 1 is 1.03 bits per heavy atom. The zero-order chi connectivity index (χ0) is 24.0. The van der Waals surface area contributed by atoms with Gasteiger partial charge in [-0.1, -0.05) is 40.9 Å². The molecule has 0 bridgehead atoms. The number of allylic oxidation sites excluding steroid dienone is 1. The number of benzene rings is 3. The Morgan fingerprint density at radius 3 is 2.36 bits per heavy atom. The van der Waals surface area contributed by atoms with Gasteiger partial charge in [0.2, 0.25) is 0 Å². The summed E-state index contributed by atoms with van der Waals surface area (Å²) in [5.41, 5.74) is 2.21. The van der Waals surface area contributed by atoms with Crippen molar-refractivity contribution in [3.8, 4) is 17.6 Å². The molecule has 0 aliphatic rings. The molecule has 3 aromatic carbocycles. The highest BCUT2D eigenvalue weighted by molar-refractivity contribution is 6.42. The van der Waals surface area contributed by atoms with Gasteiger partial charge in [-0.3, -0.25) is 10.1 Å². The standard InChI is InChI=1S/C24H17Cl3N2O4/c1-2-32-23-12-16(9-18(13-28)17-4-6-19(7-5-17)29(30)31)11-22(27)24(23)33-14-15-3-8-20(25)21(26)10-15/h3-12H,2,14H2,1H3/b18-9-. The maximum absolute atomic E-state index is 10.9. The van der Waals surface area contributed by atoms with Gasteiger partial charge in [0, 0.05) is 12.1 Å². The van der Waals surface area contributed by atoms with Gasteiger partial charge in [-0.05, 0) is 66.1 Å². The molecule has 9 heteroatoms. The Morgan fingerprint density at radius 2 is 1.76 bits per heavy atom. The number of hydrogen-bond acceptors (Lipinski definition) is 5. The lowest BCUT2D eigenvalue weighted by Crippen LogP contribution is -2.01. The number of rotatable bonds is 8. The smallest absolute Gasteiger partial charge is 0.269 e. The van der Waals surface area contributed by atoms with E-state index in [1.54, 1.807) is 36.4 Å². The second kappa shape index (κ2) is 11.1. The number of non-ortho nitro benzene ring substituents is 1. The molecule has 0 aliphatic heterocycles. The van der Waals surface area contributed by atoms with Gasteiger partial charge < -0.3 is 9.47 Å². The van der Waals surface area contributed by atoms with Gasteiger partial charge in [-0.15, -0.1) is 0 Å². The first-order valence-corrected chi connectivity index (χ1v) is 10.9. The molecule has 0 unspecified atom stereocenters. The first-order valence-electron chi connectivity index (χ1n) is 9.72. The highest BCUT2D eigenvalue weighted by Crippen LogP contribution is 2.38. The first kappa shape index (κ1) is 24.4. The Hall–Kier alpha value is -3.24. The molecule has 0 spiro atoms. The molecule has 0 saturated heterocycles. The lowest BCUT2D eigenvalue weighted by Gasteiger charge is -2.15. The topological polar surface area (TPSA) is 85.4 Å². The molecular weight excluding hydrogens is 487 g/mol. The van der Waals surface area contributed by atoms with Crippen LogP contribution in [0.2, 0.25) is 15.1 Å². The highest BCUT2D eigenvalue weighted by atomic mass is 35.5. The normalized spacial score (nSPS) is 11.1. The summed E-state index contributed by atoms with van der Waals surface area (Å²) in [5.74, 6) is 0.771. The van der Waals surface area contributed by atoms with E-state index in [2.05, 4.69) is 6.07 Å². The fourth-order valence-electron chi connectivity index (χ4n) is 2.97. The summed E-state index contributed by atoms with van der Waals surface area (Å²) >= 11 is 18.5. The zero-order valence-electron chi connectivity index (χ0n) is 17.3. The Bertz CT molecular complexity index is 1250. The molecule has 168 valence electrons. The van der Waals surface area contributed by atoms with E-state index >= 15 is 0 Å². The molecular formula is C24H17Cl3N2O4. The molecule has 0 atom stereocenters. The third-order valence-corrected chi connectivity index (χ3v) is 5.54. The van der Waals surface area contributed by atoms with Crippen LogP contribution in [-0.2, 0) is 6.61 Å². The quantitative estimate of drug-likeness (QED) is 0.137. The number of nitrogens with zero attached hydrogens (tertiary/aromatic N) is 2. The second-order valence-corrected chi connectivity index (χ2v) is 8.00. The fraction of sp³-hybridized carbons (Fsp3) is 0.125. The molecule has 33 heavy (non-hydrogen) atoms. The number of nitriles is 1. The van der Waals surface area contributed by atoms with E-state index in [1.807, 2.05) is 6.92 Å². The summed E-state index contributed by atoms with van der Waals surface area (Å²) in [6, 6.07) is 16.4. The molecule has 0 radical (unpaired) electrons. The average molecular weight is 504 g/mol. The number of halogens is 3. The number of hydrogen-bond donors (Lipinski definition) is 0. The molecule has 0 N–H and O–H groups in total. The minimum absolute atomic E-state index is 0.0545. The predicted octanol–water partition coefficient (Wildman–Crippen LogP) is 7.60. The van der Waals surface area contributed by atoms with Gasteiger partial charge in [0.15, 0.2) is 11.5 Å². The third kappa shape index (κ3) is 6.17. The minimum Gasteiger partial charge on any atom is -0.490 e. The Kier molecular flexibility index (Phi) is 8.18. The van der Waals surface area contributed by atoms with Crippen molar-refractivity contribution in [1.82, 2.24) is 0 Å². The van der Waals surface area contributed by atoms with E-state index in [0.717, 1.165) is 5.56 Å². The predicted molar refractivity (Wildman–Crippen MR) is 130 cm³/mol. The molecule has 0 fully saturated rings. The maximum Gasteiger partial charge on any atom is 0.269 e. The van der Waals surface area contributed by atoms with Crippen molar-refractivity contribution in [2.75, 3.05) is 6.61 Å². The lowest BCUT2D eigenvalue weighted by atomic mass is 10.0. The van der Waals surface area contributed by atoms with Gasteiger partial charge in [0.25, 0.3) is 5.69 Å². The van der Waals surface area contributed by atoms with Crippen molar-refractivity contribution >= 4 is 52.1 Å². The minimum atomic E-state index is -0.496. The third-order valence-electron chi connectivity index (χ3n) is 4.52. The van der Waals surface area contributed by atoms with Crippen molar-refractivity contribution in [2.45, 2.75) is 13.5 Å². The Balaban J connectivity index is 1.90. The molecule has 0 heterocycles. The van der Waals surface area contributed by atoms with Crippen molar-refractivity contribution in [3.05, 3.63) is 96.5 Å². The van der Waals surface area contributed by atoms with Gasteiger partial charge >= 0.3 is 0 Å². The van der Waals surface area contributed by atoms with Crippen LogP contribution in [-0.4, -0.2) is 11.5 Å². The van der Waals surface area contributed by atoms with Crippen molar-refractivity contribution in [2.24, 2.45) is 0 Å². The van der Waals surface area contributed by atoms with E-state index in [-0.39, 0.29) is 12.3 Å². The molecule has 0 aromatic heterocycles. The maximum atomic E-state index is 10.9. The SMILES string of the molecule is CCOc1cc(/C=C(/C#N)c2ccc([N+](=O)[O-])cc2)cc(Cl)c1OCc1ccc(Cl)c(Cl)c1. The zero-order valence-corrected chi connectivity index (χ0v) is 19.6. The van der Waals surface area contributed by atoms with E-state index in [1.165, 1.54) is 24.3 Å². The van der Waals surface area contributed by atoms with Crippen LogP contribution in [0.1, 0.15) is 23.6 Å². The van der Waals surface area contributed by atoms with Crippen LogP contribution in [0.15, 0.2) is 54.6 Å². The van der Waals surface area contributed by atoms with E-state index in [9.17, 15) is 15.4 Å². The molecule has 3 rings (SSSR count). The van der Waals surface area contributed by atoms with Crippen molar-refractivity contribution < 1.29 is 14.4 Å². The van der Waals surface area contributed by atoms with Crippen molar-refractivity contribution in [1.29, 1.82) is 5.26 Å². The summed E-state index contributed by atoms with van der Waals surface area (Å²) < 4.78 is 11.6. The highest BCUT2D eigenvalue weighted by Gasteiger charge is 2.14.